The molecule has 26 heavy (non-hydrogen) atoms. The Bertz CT molecular complexity index is 817. The summed E-state index contributed by atoms with van der Waals surface area (Å²) >= 11 is 0. The van der Waals surface area contributed by atoms with Gasteiger partial charge in [-0.05, 0) is 42.7 Å². The summed E-state index contributed by atoms with van der Waals surface area (Å²) < 4.78 is 0. The van der Waals surface area contributed by atoms with Crippen molar-refractivity contribution in [2.24, 2.45) is 0 Å². The normalized spacial score (nSPS) is 11.5. The van der Waals surface area contributed by atoms with Crippen LogP contribution in [-0.2, 0) is 16.0 Å². The standard InChI is InChI=1S/C20H22N2O4/c1-13(16-7-5-8-17(12-16)22-14(2)23)21-19(24)11-10-15-6-3-4-9-18(15)20(25)26/h3-9,12-13H,10-11H2,1-2H3,(H,21,24)(H,22,23)(H,25,26). The van der Waals surface area contributed by atoms with Gasteiger partial charge in [0.1, 0.15) is 0 Å². The number of carbonyl (C=O) groups excluding carboxylic acids is 2. The lowest BCUT2D eigenvalue weighted by Gasteiger charge is -2.16. The lowest BCUT2D eigenvalue weighted by molar-refractivity contribution is -0.121. The Morgan fingerprint density at radius 2 is 1.81 bits per heavy atom. The number of hydrogen-bond donors (Lipinski definition) is 3. The van der Waals surface area contributed by atoms with Crippen molar-refractivity contribution in [2.75, 3.05) is 5.32 Å². The van der Waals surface area contributed by atoms with E-state index in [2.05, 4.69) is 10.6 Å². The van der Waals surface area contributed by atoms with Gasteiger partial charge < -0.3 is 15.7 Å². The van der Waals surface area contributed by atoms with Crippen molar-refractivity contribution < 1.29 is 19.5 Å². The molecule has 0 aliphatic heterocycles. The Kier molecular flexibility index (Phi) is 6.49. The molecule has 1 unspecified atom stereocenters. The molecule has 6 nitrogen and oxygen atoms in total. The van der Waals surface area contributed by atoms with Crippen LogP contribution < -0.4 is 10.6 Å². The molecule has 1 atom stereocenters. The minimum atomic E-state index is -0.996. The lowest BCUT2D eigenvalue weighted by atomic mass is 10.0. The first kappa shape index (κ1) is 19.2. The summed E-state index contributed by atoms with van der Waals surface area (Å²) in [6.45, 7) is 3.29. The Hall–Kier alpha value is -3.15. The summed E-state index contributed by atoms with van der Waals surface area (Å²) in [6, 6.07) is 13.7. The highest BCUT2D eigenvalue weighted by molar-refractivity contribution is 5.90. The Labute approximate surface area is 152 Å². The Morgan fingerprint density at radius 3 is 2.50 bits per heavy atom. The highest BCUT2D eigenvalue weighted by Crippen LogP contribution is 2.18. The molecule has 0 radical (unpaired) electrons. The number of nitrogens with one attached hydrogen (secondary N) is 2. The zero-order valence-electron chi connectivity index (χ0n) is 14.8. The number of anilines is 1. The molecule has 2 aromatic carbocycles. The SMILES string of the molecule is CC(=O)Nc1cccc(C(C)NC(=O)CCc2ccccc2C(=O)O)c1. The van der Waals surface area contributed by atoms with Crippen molar-refractivity contribution in [1.29, 1.82) is 0 Å². The van der Waals surface area contributed by atoms with E-state index in [1.807, 2.05) is 25.1 Å². The number of aryl methyl sites for hydroxylation is 1. The third-order valence-corrected chi connectivity index (χ3v) is 3.95. The molecule has 0 saturated carbocycles. The van der Waals surface area contributed by atoms with Crippen molar-refractivity contribution in [2.45, 2.75) is 32.7 Å². The number of aromatic carboxylic acids is 1. The fourth-order valence-electron chi connectivity index (χ4n) is 2.68. The van der Waals surface area contributed by atoms with Gasteiger partial charge >= 0.3 is 5.97 Å². The van der Waals surface area contributed by atoms with Gasteiger partial charge in [-0.1, -0.05) is 30.3 Å². The van der Waals surface area contributed by atoms with Crippen molar-refractivity contribution in [3.05, 3.63) is 65.2 Å². The highest BCUT2D eigenvalue weighted by atomic mass is 16.4. The van der Waals surface area contributed by atoms with Gasteiger partial charge in [0.05, 0.1) is 11.6 Å². The summed E-state index contributed by atoms with van der Waals surface area (Å²) in [5.74, 6) is -1.32. The monoisotopic (exact) mass is 354 g/mol. The van der Waals surface area contributed by atoms with E-state index in [0.717, 1.165) is 5.56 Å². The number of hydrogen-bond acceptors (Lipinski definition) is 3. The van der Waals surface area contributed by atoms with Gasteiger partial charge in [0.15, 0.2) is 0 Å². The maximum atomic E-state index is 12.2. The molecule has 0 aromatic heterocycles. The fourth-order valence-corrected chi connectivity index (χ4v) is 2.68. The zero-order chi connectivity index (χ0) is 19.1. The maximum absolute atomic E-state index is 12.2. The van der Waals surface area contributed by atoms with Crippen LogP contribution in [0.15, 0.2) is 48.5 Å². The minimum absolute atomic E-state index is 0.157. The largest absolute Gasteiger partial charge is 0.478 e. The molecule has 0 heterocycles. The van der Waals surface area contributed by atoms with Crippen LogP contribution in [0.3, 0.4) is 0 Å². The van der Waals surface area contributed by atoms with Gasteiger partial charge in [-0.2, -0.15) is 0 Å². The van der Waals surface area contributed by atoms with Gasteiger partial charge in [-0.15, -0.1) is 0 Å². The molecule has 6 heteroatoms. The highest BCUT2D eigenvalue weighted by Gasteiger charge is 2.13. The summed E-state index contributed by atoms with van der Waals surface area (Å²) in [5.41, 5.74) is 2.40. The van der Waals surface area contributed by atoms with E-state index in [1.165, 1.54) is 13.0 Å². The topological polar surface area (TPSA) is 95.5 Å². The molecule has 2 aromatic rings. The first-order valence-corrected chi connectivity index (χ1v) is 8.35. The first-order chi connectivity index (χ1) is 12.4. The summed E-state index contributed by atoms with van der Waals surface area (Å²) in [7, 11) is 0. The number of carboxylic acid groups (broad SMARTS) is 1. The summed E-state index contributed by atoms with van der Waals surface area (Å²) in [6.07, 6.45) is 0.549. The minimum Gasteiger partial charge on any atom is -0.478 e. The van der Waals surface area contributed by atoms with Gasteiger partial charge in [0, 0.05) is 19.0 Å². The Morgan fingerprint density at radius 1 is 1.08 bits per heavy atom. The molecular formula is C20H22N2O4. The molecular weight excluding hydrogens is 332 g/mol. The third-order valence-electron chi connectivity index (χ3n) is 3.95. The number of carbonyl (C=O) groups is 3. The molecule has 2 amide bonds. The molecule has 0 saturated heterocycles. The van der Waals surface area contributed by atoms with Crippen molar-refractivity contribution in [3.63, 3.8) is 0 Å². The van der Waals surface area contributed by atoms with Crippen molar-refractivity contribution in [3.8, 4) is 0 Å². The summed E-state index contributed by atoms with van der Waals surface area (Å²) in [5, 5.41) is 14.8. The average molecular weight is 354 g/mol. The molecule has 0 fully saturated rings. The second kappa shape index (κ2) is 8.80. The average Bonchev–Trinajstić information content (AvgIpc) is 2.59. The first-order valence-electron chi connectivity index (χ1n) is 8.35. The van der Waals surface area contributed by atoms with Crippen LogP contribution in [0, 0.1) is 0 Å². The van der Waals surface area contributed by atoms with Crippen LogP contribution in [0.5, 0.6) is 0 Å². The molecule has 3 N–H and O–H groups in total. The van der Waals surface area contributed by atoms with E-state index in [0.29, 0.717) is 17.7 Å². The van der Waals surface area contributed by atoms with Crippen LogP contribution in [0.25, 0.3) is 0 Å². The predicted octanol–water partition coefficient (Wildman–Crippen LogP) is 3.15. The van der Waals surface area contributed by atoms with E-state index < -0.39 is 5.97 Å². The van der Waals surface area contributed by atoms with Gasteiger partial charge in [0.2, 0.25) is 11.8 Å². The van der Waals surface area contributed by atoms with Crippen molar-refractivity contribution >= 4 is 23.5 Å². The second-order valence-electron chi connectivity index (χ2n) is 6.06. The molecule has 0 bridgehead atoms. The van der Waals surface area contributed by atoms with E-state index in [-0.39, 0.29) is 29.8 Å². The van der Waals surface area contributed by atoms with Gasteiger partial charge in [0.25, 0.3) is 0 Å². The van der Waals surface area contributed by atoms with Crippen LogP contribution in [-0.4, -0.2) is 22.9 Å². The maximum Gasteiger partial charge on any atom is 0.335 e. The van der Waals surface area contributed by atoms with E-state index >= 15 is 0 Å². The number of rotatable bonds is 7. The smallest absolute Gasteiger partial charge is 0.335 e. The molecule has 0 aliphatic rings. The second-order valence-corrected chi connectivity index (χ2v) is 6.06. The lowest BCUT2D eigenvalue weighted by Crippen LogP contribution is -2.27. The molecule has 2 rings (SSSR count). The molecule has 0 spiro atoms. The number of benzene rings is 2. The van der Waals surface area contributed by atoms with Crippen LogP contribution in [0.1, 0.15) is 47.8 Å². The van der Waals surface area contributed by atoms with E-state index in [9.17, 15) is 19.5 Å². The molecule has 0 aliphatic carbocycles. The van der Waals surface area contributed by atoms with E-state index in [1.54, 1.807) is 24.3 Å². The van der Waals surface area contributed by atoms with Crippen LogP contribution >= 0.6 is 0 Å². The summed E-state index contributed by atoms with van der Waals surface area (Å²) in [4.78, 5) is 34.6. The van der Waals surface area contributed by atoms with Crippen LogP contribution in [0.4, 0.5) is 5.69 Å². The van der Waals surface area contributed by atoms with Gasteiger partial charge in [-0.3, -0.25) is 9.59 Å². The third kappa shape index (κ3) is 5.44. The van der Waals surface area contributed by atoms with Gasteiger partial charge in [-0.25, -0.2) is 4.79 Å². The quantitative estimate of drug-likeness (QED) is 0.712. The predicted molar refractivity (Wildman–Crippen MR) is 99.0 cm³/mol. The zero-order valence-corrected chi connectivity index (χ0v) is 14.8. The number of amides is 2. The Balaban J connectivity index is 1.96. The molecule has 136 valence electrons. The fraction of sp³-hybridized carbons (Fsp3) is 0.250. The van der Waals surface area contributed by atoms with Crippen molar-refractivity contribution in [1.82, 2.24) is 5.32 Å². The van der Waals surface area contributed by atoms with E-state index in [4.69, 9.17) is 0 Å². The number of carboxylic acids is 1. The van der Waals surface area contributed by atoms with Crippen LogP contribution in [0.2, 0.25) is 0 Å².